The number of thiazole rings is 1. The van der Waals surface area contributed by atoms with E-state index < -0.39 is 10.0 Å². The lowest BCUT2D eigenvalue weighted by Gasteiger charge is -2.08. The highest BCUT2D eigenvalue weighted by Gasteiger charge is 2.15. The molecule has 0 unspecified atom stereocenters. The second kappa shape index (κ2) is 5.10. The van der Waals surface area contributed by atoms with Gasteiger partial charge < -0.3 is 0 Å². The van der Waals surface area contributed by atoms with Crippen LogP contribution in [-0.2, 0) is 10.0 Å². The zero-order chi connectivity index (χ0) is 14.2. The second-order valence-electron chi connectivity index (χ2n) is 4.10. The summed E-state index contributed by atoms with van der Waals surface area (Å²) in [4.78, 5) is 4.37. The van der Waals surface area contributed by atoms with Crippen molar-refractivity contribution in [3.8, 4) is 21.7 Å². The number of thiophene rings is 1. The fourth-order valence-corrected chi connectivity index (χ4v) is 3.77. The Hall–Kier alpha value is -1.54. The van der Waals surface area contributed by atoms with E-state index in [9.17, 15) is 8.42 Å². The Morgan fingerprint density at radius 2 is 1.95 bits per heavy atom. The third kappa shape index (κ3) is 2.53. The molecular formula is C13H10N2O2S3. The molecule has 0 aliphatic rings. The molecule has 4 nitrogen and oxygen atoms in total. The molecule has 3 aromatic rings. The van der Waals surface area contributed by atoms with E-state index in [2.05, 4.69) is 4.98 Å². The SMILES string of the molecule is NS(=O)(=O)c1ccc(-c2ccsc2)c(-c2nccs2)c1. The third-order valence-electron chi connectivity index (χ3n) is 2.81. The van der Waals surface area contributed by atoms with Crippen LogP contribution in [-0.4, -0.2) is 13.4 Å². The maximum absolute atomic E-state index is 11.5. The first-order valence-electron chi connectivity index (χ1n) is 5.65. The van der Waals surface area contributed by atoms with Crippen molar-refractivity contribution >= 4 is 32.7 Å². The number of rotatable bonds is 3. The summed E-state index contributed by atoms with van der Waals surface area (Å²) >= 11 is 3.05. The lowest BCUT2D eigenvalue weighted by atomic mass is 10.0. The Bertz CT molecular complexity index is 823. The van der Waals surface area contributed by atoms with Gasteiger partial charge in [-0.3, -0.25) is 0 Å². The molecule has 0 spiro atoms. The van der Waals surface area contributed by atoms with Gasteiger partial charge in [-0.15, -0.1) is 11.3 Å². The van der Waals surface area contributed by atoms with E-state index in [1.54, 1.807) is 29.7 Å². The summed E-state index contributed by atoms with van der Waals surface area (Å²) in [5, 5.41) is 11.8. The van der Waals surface area contributed by atoms with Crippen LogP contribution in [0.1, 0.15) is 0 Å². The van der Waals surface area contributed by atoms with Crippen molar-refractivity contribution in [1.82, 2.24) is 4.98 Å². The normalized spacial score (nSPS) is 11.7. The fraction of sp³-hybridized carbons (Fsp3) is 0. The lowest BCUT2D eigenvalue weighted by Crippen LogP contribution is -2.12. The Labute approximate surface area is 124 Å². The summed E-state index contributed by atoms with van der Waals surface area (Å²) in [5.41, 5.74) is 2.78. The number of sulfonamides is 1. The van der Waals surface area contributed by atoms with Crippen LogP contribution in [0.4, 0.5) is 0 Å². The summed E-state index contributed by atoms with van der Waals surface area (Å²) < 4.78 is 23.0. The van der Waals surface area contributed by atoms with Crippen LogP contribution in [0.25, 0.3) is 21.7 Å². The fourth-order valence-electron chi connectivity index (χ4n) is 1.90. The minimum atomic E-state index is -3.72. The number of hydrogen-bond donors (Lipinski definition) is 1. The molecule has 2 N–H and O–H groups in total. The molecule has 0 saturated carbocycles. The van der Waals surface area contributed by atoms with E-state index in [1.165, 1.54) is 17.4 Å². The standard InChI is InChI=1S/C13H10N2O2S3/c14-20(16,17)10-1-2-11(9-3-5-18-8-9)12(7-10)13-15-4-6-19-13/h1-8H,(H2,14,16,17). The quantitative estimate of drug-likeness (QED) is 0.805. The molecule has 102 valence electrons. The molecule has 0 atom stereocenters. The smallest absolute Gasteiger partial charge is 0.238 e. The minimum absolute atomic E-state index is 0.0988. The van der Waals surface area contributed by atoms with Crippen LogP contribution >= 0.6 is 22.7 Å². The first-order chi connectivity index (χ1) is 9.55. The van der Waals surface area contributed by atoms with E-state index in [0.29, 0.717) is 0 Å². The first kappa shape index (κ1) is 13.4. The molecule has 3 rings (SSSR count). The molecule has 1 aromatic carbocycles. The number of nitrogens with two attached hydrogens (primary N) is 1. The highest BCUT2D eigenvalue weighted by atomic mass is 32.2. The topological polar surface area (TPSA) is 73.1 Å². The van der Waals surface area contributed by atoms with Crippen molar-refractivity contribution in [2.75, 3.05) is 0 Å². The number of hydrogen-bond acceptors (Lipinski definition) is 5. The van der Waals surface area contributed by atoms with E-state index in [0.717, 1.165) is 21.7 Å². The van der Waals surface area contributed by atoms with Gasteiger partial charge in [-0.2, -0.15) is 11.3 Å². The van der Waals surface area contributed by atoms with Crippen LogP contribution in [0.15, 0.2) is 51.5 Å². The minimum Gasteiger partial charge on any atom is -0.245 e. The summed E-state index contributed by atoms with van der Waals surface area (Å²) in [6.07, 6.45) is 1.70. The van der Waals surface area contributed by atoms with Crippen LogP contribution in [0.3, 0.4) is 0 Å². The van der Waals surface area contributed by atoms with Crippen LogP contribution < -0.4 is 5.14 Å². The monoisotopic (exact) mass is 322 g/mol. The zero-order valence-corrected chi connectivity index (χ0v) is 12.6. The summed E-state index contributed by atoms with van der Waals surface area (Å²) in [6, 6.07) is 6.88. The first-order valence-corrected chi connectivity index (χ1v) is 9.02. The Balaban J connectivity index is 2.26. The summed E-state index contributed by atoms with van der Waals surface area (Å²) in [7, 11) is -3.72. The molecule has 20 heavy (non-hydrogen) atoms. The van der Waals surface area contributed by atoms with Crippen molar-refractivity contribution in [3.63, 3.8) is 0 Å². The molecule has 0 aliphatic heterocycles. The van der Waals surface area contributed by atoms with Gasteiger partial charge in [0.1, 0.15) is 5.01 Å². The molecular weight excluding hydrogens is 312 g/mol. The number of aromatic nitrogens is 1. The number of nitrogens with zero attached hydrogens (tertiary/aromatic N) is 1. The van der Waals surface area contributed by atoms with Gasteiger partial charge in [-0.25, -0.2) is 18.5 Å². The molecule has 7 heteroatoms. The van der Waals surface area contributed by atoms with Crippen molar-refractivity contribution in [2.45, 2.75) is 4.90 Å². The van der Waals surface area contributed by atoms with Gasteiger partial charge in [0, 0.05) is 17.1 Å². The van der Waals surface area contributed by atoms with Gasteiger partial charge in [0.05, 0.1) is 4.90 Å². The van der Waals surface area contributed by atoms with Crippen LogP contribution in [0.5, 0.6) is 0 Å². The predicted molar refractivity (Wildman–Crippen MR) is 82.2 cm³/mol. The molecule has 0 amide bonds. The lowest BCUT2D eigenvalue weighted by molar-refractivity contribution is 0.598. The zero-order valence-electron chi connectivity index (χ0n) is 10.2. The van der Waals surface area contributed by atoms with Crippen molar-refractivity contribution < 1.29 is 8.42 Å². The van der Waals surface area contributed by atoms with Crippen molar-refractivity contribution in [3.05, 3.63) is 46.6 Å². The molecule has 0 bridgehead atoms. The molecule has 0 aliphatic carbocycles. The number of benzene rings is 1. The van der Waals surface area contributed by atoms with E-state index in [1.807, 2.05) is 22.2 Å². The molecule has 2 heterocycles. The molecule has 0 radical (unpaired) electrons. The van der Waals surface area contributed by atoms with Crippen LogP contribution in [0.2, 0.25) is 0 Å². The Kier molecular flexibility index (Phi) is 3.43. The second-order valence-corrected chi connectivity index (χ2v) is 7.34. The Morgan fingerprint density at radius 3 is 2.55 bits per heavy atom. The van der Waals surface area contributed by atoms with Gasteiger partial charge in [-0.05, 0) is 40.1 Å². The maximum atomic E-state index is 11.5. The van der Waals surface area contributed by atoms with Crippen molar-refractivity contribution in [1.29, 1.82) is 0 Å². The van der Waals surface area contributed by atoms with E-state index in [4.69, 9.17) is 5.14 Å². The summed E-state index contributed by atoms with van der Waals surface area (Å²) in [6.45, 7) is 0. The Morgan fingerprint density at radius 1 is 1.10 bits per heavy atom. The third-order valence-corrected chi connectivity index (χ3v) is 5.22. The van der Waals surface area contributed by atoms with E-state index in [-0.39, 0.29) is 4.90 Å². The number of primary sulfonamides is 1. The molecule has 0 saturated heterocycles. The van der Waals surface area contributed by atoms with Gasteiger partial charge in [0.2, 0.25) is 10.0 Å². The average Bonchev–Trinajstić information content (AvgIpc) is 3.10. The maximum Gasteiger partial charge on any atom is 0.238 e. The summed E-state index contributed by atoms with van der Waals surface area (Å²) in [5.74, 6) is 0. The highest BCUT2D eigenvalue weighted by Crippen LogP contribution is 2.35. The largest absolute Gasteiger partial charge is 0.245 e. The van der Waals surface area contributed by atoms with Gasteiger partial charge in [0.25, 0.3) is 0 Å². The van der Waals surface area contributed by atoms with Gasteiger partial charge >= 0.3 is 0 Å². The highest BCUT2D eigenvalue weighted by molar-refractivity contribution is 7.89. The molecule has 2 aromatic heterocycles. The van der Waals surface area contributed by atoms with E-state index >= 15 is 0 Å². The average molecular weight is 322 g/mol. The molecule has 0 fully saturated rings. The van der Waals surface area contributed by atoms with Crippen LogP contribution in [0, 0.1) is 0 Å². The van der Waals surface area contributed by atoms with Gasteiger partial charge in [0.15, 0.2) is 0 Å². The predicted octanol–water partition coefficient (Wildman–Crippen LogP) is 3.19. The van der Waals surface area contributed by atoms with Crippen molar-refractivity contribution in [2.24, 2.45) is 5.14 Å². The van der Waals surface area contributed by atoms with Gasteiger partial charge in [-0.1, -0.05) is 6.07 Å².